The first kappa shape index (κ1) is 54.1. The summed E-state index contributed by atoms with van der Waals surface area (Å²) in [4.78, 5) is 20.7. The third kappa shape index (κ3) is 58.3. The van der Waals surface area contributed by atoms with E-state index in [0.29, 0.717) is 12.8 Å². The van der Waals surface area contributed by atoms with Gasteiger partial charge in [-0.2, -0.15) is 0 Å². The van der Waals surface area contributed by atoms with Gasteiger partial charge in [-0.05, 0) is 19.3 Å². The molecule has 51 heavy (non-hydrogen) atoms. The van der Waals surface area contributed by atoms with E-state index in [2.05, 4.69) is 6.92 Å². The first-order valence-corrected chi connectivity index (χ1v) is 21.4. The molecule has 0 aromatic rings. The Morgan fingerprint density at radius 1 is 0.353 bits per heavy atom. The fraction of sp³-hybridized carbons (Fsp3) is 0.952. The summed E-state index contributed by atoms with van der Waals surface area (Å²) in [5.74, 6) is -1.32. The minimum absolute atomic E-state index is 0.104. The van der Waals surface area contributed by atoms with E-state index < -0.39 is 24.1 Å². The lowest BCUT2D eigenvalue weighted by atomic mass is 10.0. The highest BCUT2D eigenvalue weighted by Crippen LogP contribution is 2.16. The van der Waals surface area contributed by atoms with Crippen molar-refractivity contribution in [1.82, 2.24) is 0 Å². The average molecular weight is 735 g/mol. The van der Waals surface area contributed by atoms with Gasteiger partial charge in [0, 0.05) is 12.8 Å². The summed E-state index contributed by atoms with van der Waals surface area (Å²) in [6.07, 6.45) is 39.6. The van der Waals surface area contributed by atoms with Crippen molar-refractivity contribution in [3.63, 3.8) is 0 Å². The van der Waals surface area contributed by atoms with Crippen molar-refractivity contribution in [3.8, 4) is 0 Å². The number of unbranched alkanes of at least 4 members (excludes halogenated alkanes) is 29. The second-order valence-electron chi connectivity index (χ2n) is 14.5. The van der Waals surface area contributed by atoms with E-state index in [4.69, 9.17) is 30.6 Å². The van der Waals surface area contributed by atoms with Crippen LogP contribution in [0.25, 0.3) is 0 Å². The first-order chi connectivity index (χ1) is 24.7. The molecule has 9 nitrogen and oxygen atoms in total. The zero-order valence-electron chi connectivity index (χ0n) is 33.3. The van der Waals surface area contributed by atoms with Gasteiger partial charge in [0.05, 0.1) is 25.9 Å². The molecule has 0 bridgehead atoms. The van der Waals surface area contributed by atoms with E-state index in [0.717, 1.165) is 38.5 Å². The molecule has 0 amide bonds. The molecule has 0 saturated carbocycles. The average Bonchev–Trinajstić information content (AvgIpc) is 3.12. The van der Waals surface area contributed by atoms with E-state index in [1.807, 2.05) is 0 Å². The third-order valence-corrected chi connectivity index (χ3v) is 9.30. The predicted molar refractivity (Wildman–Crippen MR) is 211 cm³/mol. The SMILES string of the molecule is CCCCCCCCCCCCCCCCCC(=O)O.O=C(O)CCCCCCCCCCCCCCCCCCC(O)CO.OCC(O)CO. The van der Waals surface area contributed by atoms with Crippen LogP contribution in [0.4, 0.5) is 0 Å². The largest absolute Gasteiger partial charge is 0.481 e. The number of aliphatic hydroxyl groups is 5. The van der Waals surface area contributed by atoms with E-state index in [1.54, 1.807) is 0 Å². The van der Waals surface area contributed by atoms with Crippen molar-refractivity contribution >= 4 is 11.9 Å². The molecule has 0 aromatic heterocycles. The minimum Gasteiger partial charge on any atom is -0.481 e. The molecular weight excluding hydrogens is 648 g/mol. The molecule has 0 aromatic carbocycles. The number of carbonyl (C=O) groups is 2. The van der Waals surface area contributed by atoms with Gasteiger partial charge in [0.25, 0.3) is 0 Å². The number of rotatable bonds is 38. The molecule has 0 radical (unpaired) electrons. The highest BCUT2D eigenvalue weighted by Gasteiger charge is 2.01. The minimum atomic E-state index is -0.954. The maximum atomic E-state index is 10.4. The first-order valence-electron chi connectivity index (χ1n) is 21.4. The Balaban J connectivity index is -0.000000791. The van der Waals surface area contributed by atoms with E-state index in [9.17, 15) is 14.7 Å². The van der Waals surface area contributed by atoms with Crippen molar-refractivity contribution in [1.29, 1.82) is 0 Å². The summed E-state index contributed by atoms with van der Waals surface area (Å²) in [5, 5.41) is 59.0. The van der Waals surface area contributed by atoms with Gasteiger partial charge in [-0.15, -0.1) is 0 Å². The molecule has 1 unspecified atom stereocenters. The van der Waals surface area contributed by atoms with E-state index in [-0.39, 0.29) is 19.8 Å². The molecule has 0 saturated heterocycles. The van der Waals surface area contributed by atoms with Crippen LogP contribution in [0.1, 0.15) is 225 Å². The van der Waals surface area contributed by atoms with Gasteiger partial charge in [-0.3, -0.25) is 9.59 Å². The molecule has 0 spiro atoms. The van der Waals surface area contributed by atoms with Crippen LogP contribution in [0.3, 0.4) is 0 Å². The van der Waals surface area contributed by atoms with Gasteiger partial charge < -0.3 is 35.7 Å². The summed E-state index contributed by atoms with van der Waals surface area (Å²) in [5.41, 5.74) is 0. The fourth-order valence-electron chi connectivity index (χ4n) is 5.93. The molecule has 0 rings (SSSR count). The molecule has 1 atom stereocenters. The Bertz CT molecular complexity index is 658. The molecule has 0 heterocycles. The lowest BCUT2D eigenvalue weighted by molar-refractivity contribution is -0.138. The zero-order chi connectivity index (χ0) is 38.5. The Kier molecular flexibility index (Phi) is 51.7. The third-order valence-electron chi connectivity index (χ3n) is 9.30. The molecular formula is C42H86O9. The Hall–Kier alpha value is -1.26. The monoisotopic (exact) mass is 735 g/mol. The van der Waals surface area contributed by atoms with Gasteiger partial charge in [0.2, 0.25) is 0 Å². The predicted octanol–water partition coefficient (Wildman–Crippen LogP) is 10.1. The topological polar surface area (TPSA) is 176 Å². The molecule has 0 aliphatic heterocycles. The van der Waals surface area contributed by atoms with Crippen molar-refractivity contribution < 1.29 is 45.3 Å². The summed E-state index contributed by atoms with van der Waals surface area (Å²) in [6, 6.07) is 0. The zero-order valence-corrected chi connectivity index (χ0v) is 33.3. The number of aliphatic hydroxyl groups excluding tert-OH is 5. The summed E-state index contributed by atoms with van der Waals surface area (Å²) >= 11 is 0. The lowest BCUT2D eigenvalue weighted by Gasteiger charge is -2.06. The van der Waals surface area contributed by atoms with Gasteiger partial charge in [-0.25, -0.2) is 0 Å². The highest BCUT2D eigenvalue weighted by atomic mass is 16.4. The van der Waals surface area contributed by atoms with Gasteiger partial charge in [-0.1, -0.05) is 193 Å². The summed E-state index contributed by atoms with van der Waals surface area (Å²) in [6.45, 7) is 1.44. The van der Waals surface area contributed by atoms with Crippen molar-refractivity contribution in [2.75, 3.05) is 19.8 Å². The fourth-order valence-corrected chi connectivity index (χ4v) is 5.93. The Morgan fingerprint density at radius 3 is 0.765 bits per heavy atom. The van der Waals surface area contributed by atoms with Crippen LogP contribution in [0.2, 0.25) is 0 Å². The van der Waals surface area contributed by atoms with Gasteiger partial charge in [0.15, 0.2) is 0 Å². The second-order valence-corrected chi connectivity index (χ2v) is 14.5. The smallest absolute Gasteiger partial charge is 0.303 e. The van der Waals surface area contributed by atoms with Crippen LogP contribution < -0.4 is 0 Å². The van der Waals surface area contributed by atoms with Crippen LogP contribution in [0.5, 0.6) is 0 Å². The van der Waals surface area contributed by atoms with Crippen LogP contribution in [0.15, 0.2) is 0 Å². The number of carboxylic acids is 2. The lowest BCUT2D eigenvalue weighted by Crippen LogP contribution is -2.15. The second kappa shape index (κ2) is 48.7. The van der Waals surface area contributed by atoms with Crippen LogP contribution >= 0.6 is 0 Å². The maximum Gasteiger partial charge on any atom is 0.303 e. The number of hydrogen-bond donors (Lipinski definition) is 7. The number of carboxylic acid groups (broad SMARTS) is 2. The normalized spacial score (nSPS) is 11.5. The van der Waals surface area contributed by atoms with Crippen LogP contribution in [0, 0.1) is 0 Å². The molecule has 0 aliphatic carbocycles. The Labute approximate surface area is 314 Å². The van der Waals surface area contributed by atoms with Crippen molar-refractivity contribution in [2.45, 2.75) is 237 Å². The Morgan fingerprint density at radius 2 is 0.569 bits per heavy atom. The van der Waals surface area contributed by atoms with E-state index >= 15 is 0 Å². The van der Waals surface area contributed by atoms with Crippen LogP contribution in [-0.2, 0) is 9.59 Å². The van der Waals surface area contributed by atoms with Crippen LogP contribution in [-0.4, -0.2) is 79.7 Å². The quantitative estimate of drug-likeness (QED) is 0.0304. The molecule has 0 fully saturated rings. The number of aliphatic carboxylic acids is 2. The van der Waals surface area contributed by atoms with Gasteiger partial charge >= 0.3 is 11.9 Å². The van der Waals surface area contributed by atoms with Crippen molar-refractivity contribution in [2.24, 2.45) is 0 Å². The molecule has 9 heteroatoms. The van der Waals surface area contributed by atoms with Gasteiger partial charge in [0.1, 0.15) is 6.10 Å². The summed E-state index contributed by atoms with van der Waals surface area (Å²) in [7, 11) is 0. The highest BCUT2D eigenvalue weighted by molar-refractivity contribution is 5.66. The number of hydrogen-bond acceptors (Lipinski definition) is 7. The maximum absolute atomic E-state index is 10.4. The van der Waals surface area contributed by atoms with Crippen molar-refractivity contribution in [3.05, 3.63) is 0 Å². The summed E-state index contributed by atoms with van der Waals surface area (Å²) < 4.78 is 0. The van der Waals surface area contributed by atoms with E-state index in [1.165, 1.54) is 167 Å². The standard InChI is InChI=1S/C21H42O4.C18H36O2.C3H8O3/c22-19-20(23)17-15-13-11-9-7-5-3-1-2-4-6-8-10-12-14-16-18-21(24)25;1-2-3-4-5-6-7-8-9-10-11-12-13-14-15-16-17-18(19)20;4-1-3(6)2-5/h20,22-23H,1-19H2,(H,24,25);2-17H2,1H3,(H,19,20);3-6H,1-2H2. The molecule has 0 aliphatic rings. The molecule has 308 valence electrons. The molecule has 7 N–H and O–H groups in total.